The zero-order chi connectivity index (χ0) is 13.6. The molecule has 0 aliphatic rings. The van der Waals surface area contributed by atoms with E-state index in [0.29, 0.717) is 11.4 Å². The molecule has 0 amide bonds. The molecule has 0 saturated heterocycles. The summed E-state index contributed by atoms with van der Waals surface area (Å²) in [5.41, 5.74) is 11.0. The molecule has 3 rings (SSSR count). The highest BCUT2D eigenvalue weighted by Gasteiger charge is 2.08. The number of imidazole rings is 1. The van der Waals surface area contributed by atoms with Crippen LogP contribution >= 0.6 is 0 Å². The van der Waals surface area contributed by atoms with Crippen LogP contribution in [-0.4, -0.2) is 9.55 Å². The zero-order valence-corrected chi connectivity index (χ0v) is 10.8. The largest absolute Gasteiger partial charge is 0.399 e. The molecule has 19 heavy (non-hydrogen) atoms. The van der Waals surface area contributed by atoms with Gasteiger partial charge in [0.05, 0.1) is 16.7 Å². The standard InChI is InChI=1S/C15H14FN3/c1-9-3-14-15(4-10(9)2)19(8-18-14)13-6-11(16)5-12(17)7-13/h3-8H,17H2,1-2H3. The second-order valence-electron chi connectivity index (χ2n) is 4.78. The molecule has 96 valence electrons. The lowest BCUT2D eigenvalue weighted by Gasteiger charge is -2.07. The van der Waals surface area contributed by atoms with E-state index in [9.17, 15) is 4.39 Å². The van der Waals surface area contributed by atoms with Crippen LogP contribution in [0.25, 0.3) is 16.7 Å². The fourth-order valence-electron chi connectivity index (χ4n) is 2.21. The second-order valence-corrected chi connectivity index (χ2v) is 4.78. The number of nitrogen functional groups attached to an aromatic ring is 1. The van der Waals surface area contributed by atoms with Gasteiger partial charge in [-0.25, -0.2) is 9.37 Å². The van der Waals surface area contributed by atoms with Gasteiger partial charge in [0.2, 0.25) is 0 Å². The smallest absolute Gasteiger partial charge is 0.127 e. The molecule has 0 aliphatic heterocycles. The lowest BCUT2D eigenvalue weighted by Crippen LogP contribution is -1.96. The first-order valence-electron chi connectivity index (χ1n) is 6.05. The third kappa shape index (κ3) is 1.95. The van der Waals surface area contributed by atoms with Crippen LogP contribution < -0.4 is 5.73 Å². The van der Waals surface area contributed by atoms with E-state index in [2.05, 4.69) is 11.1 Å². The van der Waals surface area contributed by atoms with Crippen molar-refractivity contribution in [1.82, 2.24) is 9.55 Å². The maximum atomic E-state index is 13.4. The predicted octanol–water partition coefficient (Wildman–Crippen LogP) is 3.36. The van der Waals surface area contributed by atoms with Crippen molar-refractivity contribution in [2.45, 2.75) is 13.8 Å². The van der Waals surface area contributed by atoms with Crippen molar-refractivity contribution in [2.24, 2.45) is 0 Å². The molecule has 0 atom stereocenters. The Kier molecular flexibility index (Phi) is 2.52. The summed E-state index contributed by atoms with van der Waals surface area (Å²) < 4.78 is 15.3. The lowest BCUT2D eigenvalue weighted by atomic mass is 10.1. The van der Waals surface area contributed by atoms with Crippen LogP contribution in [0.15, 0.2) is 36.7 Å². The van der Waals surface area contributed by atoms with Gasteiger partial charge in [-0.15, -0.1) is 0 Å². The number of hydrogen-bond acceptors (Lipinski definition) is 2. The number of aryl methyl sites for hydroxylation is 2. The van der Waals surface area contributed by atoms with Crippen LogP contribution in [0.2, 0.25) is 0 Å². The number of anilines is 1. The van der Waals surface area contributed by atoms with Crippen molar-refractivity contribution in [2.75, 3.05) is 5.73 Å². The van der Waals surface area contributed by atoms with Crippen molar-refractivity contribution < 1.29 is 4.39 Å². The zero-order valence-electron chi connectivity index (χ0n) is 10.8. The second kappa shape index (κ2) is 4.09. The number of aromatic nitrogens is 2. The van der Waals surface area contributed by atoms with E-state index in [1.54, 1.807) is 12.4 Å². The Balaban J connectivity index is 2.28. The van der Waals surface area contributed by atoms with Crippen molar-refractivity contribution in [1.29, 1.82) is 0 Å². The molecule has 0 aliphatic carbocycles. The number of halogens is 1. The fourth-order valence-corrected chi connectivity index (χ4v) is 2.21. The van der Waals surface area contributed by atoms with Crippen LogP contribution in [0.1, 0.15) is 11.1 Å². The molecule has 1 heterocycles. The summed E-state index contributed by atoms with van der Waals surface area (Å²) in [6, 6.07) is 8.58. The fraction of sp³-hybridized carbons (Fsp3) is 0.133. The molecule has 2 aromatic carbocycles. The molecule has 0 unspecified atom stereocenters. The average molecular weight is 255 g/mol. The van der Waals surface area contributed by atoms with Gasteiger partial charge in [0.1, 0.15) is 12.1 Å². The third-order valence-electron chi connectivity index (χ3n) is 3.35. The summed E-state index contributed by atoms with van der Waals surface area (Å²) >= 11 is 0. The highest BCUT2D eigenvalue weighted by atomic mass is 19.1. The van der Waals surface area contributed by atoms with Crippen LogP contribution in [0.4, 0.5) is 10.1 Å². The van der Waals surface area contributed by atoms with E-state index in [1.807, 2.05) is 24.5 Å². The van der Waals surface area contributed by atoms with Gasteiger partial charge in [0, 0.05) is 5.69 Å². The molecule has 0 radical (unpaired) electrons. The van der Waals surface area contributed by atoms with Crippen LogP contribution in [0, 0.1) is 19.7 Å². The summed E-state index contributed by atoms with van der Waals surface area (Å²) in [7, 11) is 0. The minimum absolute atomic E-state index is 0.347. The third-order valence-corrected chi connectivity index (χ3v) is 3.35. The average Bonchev–Trinajstić information content (AvgIpc) is 2.71. The first-order chi connectivity index (χ1) is 9.04. The molecule has 3 nitrogen and oxygen atoms in total. The highest BCUT2D eigenvalue weighted by molar-refractivity contribution is 5.79. The summed E-state index contributed by atoms with van der Waals surface area (Å²) in [5.74, 6) is -0.347. The van der Waals surface area contributed by atoms with Crippen molar-refractivity contribution in [3.8, 4) is 5.69 Å². The Hall–Kier alpha value is -2.36. The predicted molar refractivity (Wildman–Crippen MR) is 74.9 cm³/mol. The van der Waals surface area contributed by atoms with Gasteiger partial charge >= 0.3 is 0 Å². The van der Waals surface area contributed by atoms with Gasteiger partial charge in [0.15, 0.2) is 0 Å². The van der Waals surface area contributed by atoms with Crippen LogP contribution in [0.3, 0.4) is 0 Å². The van der Waals surface area contributed by atoms with Crippen LogP contribution in [0.5, 0.6) is 0 Å². The van der Waals surface area contributed by atoms with E-state index in [0.717, 1.165) is 11.0 Å². The van der Waals surface area contributed by atoms with E-state index in [1.165, 1.54) is 23.3 Å². The molecule has 0 fully saturated rings. The van der Waals surface area contributed by atoms with Crippen molar-refractivity contribution in [3.63, 3.8) is 0 Å². The van der Waals surface area contributed by atoms with E-state index in [-0.39, 0.29) is 5.82 Å². The molecular formula is C15H14FN3. The molecule has 4 heteroatoms. The Morgan fingerprint density at radius 1 is 1.05 bits per heavy atom. The number of rotatable bonds is 1. The van der Waals surface area contributed by atoms with E-state index < -0.39 is 0 Å². The van der Waals surface area contributed by atoms with Gasteiger partial charge in [0.25, 0.3) is 0 Å². The lowest BCUT2D eigenvalue weighted by molar-refractivity contribution is 0.627. The monoisotopic (exact) mass is 255 g/mol. The van der Waals surface area contributed by atoms with Crippen molar-refractivity contribution in [3.05, 3.63) is 53.6 Å². The summed E-state index contributed by atoms with van der Waals surface area (Å²) in [5, 5.41) is 0. The molecule has 1 aromatic heterocycles. The summed E-state index contributed by atoms with van der Waals surface area (Å²) in [4.78, 5) is 4.36. The minimum atomic E-state index is -0.347. The number of hydrogen-bond donors (Lipinski definition) is 1. The SMILES string of the molecule is Cc1cc2ncn(-c3cc(N)cc(F)c3)c2cc1C. The molecule has 0 spiro atoms. The number of fused-ring (bicyclic) bond motifs is 1. The molecule has 3 aromatic rings. The molecular weight excluding hydrogens is 241 g/mol. The van der Waals surface area contributed by atoms with Gasteiger partial charge in [-0.05, 0) is 55.3 Å². The maximum absolute atomic E-state index is 13.4. The molecule has 0 bridgehead atoms. The molecule has 0 saturated carbocycles. The summed E-state index contributed by atoms with van der Waals surface area (Å²) in [6.07, 6.45) is 1.69. The maximum Gasteiger partial charge on any atom is 0.127 e. The minimum Gasteiger partial charge on any atom is -0.399 e. The Morgan fingerprint density at radius 2 is 1.79 bits per heavy atom. The highest BCUT2D eigenvalue weighted by Crippen LogP contribution is 2.23. The summed E-state index contributed by atoms with van der Waals surface area (Å²) in [6.45, 7) is 4.10. The molecule has 2 N–H and O–H groups in total. The van der Waals surface area contributed by atoms with E-state index >= 15 is 0 Å². The first-order valence-corrected chi connectivity index (χ1v) is 6.05. The first kappa shape index (κ1) is 11.7. The number of nitrogens with two attached hydrogens (primary N) is 1. The Morgan fingerprint density at radius 3 is 2.53 bits per heavy atom. The van der Waals surface area contributed by atoms with Crippen molar-refractivity contribution >= 4 is 16.7 Å². The van der Waals surface area contributed by atoms with Gasteiger partial charge in [-0.3, -0.25) is 4.57 Å². The van der Waals surface area contributed by atoms with Gasteiger partial charge in [-0.1, -0.05) is 0 Å². The Labute approximate surface area is 110 Å². The normalized spacial score (nSPS) is 11.1. The van der Waals surface area contributed by atoms with E-state index in [4.69, 9.17) is 5.73 Å². The number of benzene rings is 2. The van der Waals surface area contributed by atoms with Gasteiger partial charge in [-0.2, -0.15) is 0 Å². The Bertz CT molecular complexity index is 754. The van der Waals surface area contributed by atoms with Crippen LogP contribution in [-0.2, 0) is 0 Å². The number of nitrogens with zero attached hydrogens (tertiary/aromatic N) is 2. The van der Waals surface area contributed by atoms with Gasteiger partial charge < -0.3 is 5.73 Å². The quantitative estimate of drug-likeness (QED) is 0.677. The topological polar surface area (TPSA) is 43.8 Å².